The Hall–Kier alpha value is -7.69. The van der Waals surface area contributed by atoms with Crippen LogP contribution in [0.2, 0.25) is 0 Å². The van der Waals surface area contributed by atoms with Crippen molar-refractivity contribution in [3.05, 3.63) is 137 Å². The Balaban J connectivity index is 0.844. The van der Waals surface area contributed by atoms with E-state index in [1.807, 2.05) is 118 Å². The molecule has 482 valence electrons. The second kappa shape index (κ2) is 36.7. The molecule has 21 nitrogen and oxygen atoms in total. The van der Waals surface area contributed by atoms with Crippen molar-refractivity contribution < 1.29 is 57.3 Å². The molecule has 4 aromatic rings. The number of urea groups is 2. The van der Waals surface area contributed by atoms with Gasteiger partial charge in [0, 0.05) is 80.2 Å². The lowest BCUT2D eigenvalue weighted by atomic mass is 9.92. The van der Waals surface area contributed by atoms with Gasteiger partial charge in [-0.1, -0.05) is 106 Å². The maximum atomic E-state index is 14.5. The number of aryl methyl sites for hydroxylation is 2. The van der Waals surface area contributed by atoms with Gasteiger partial charge in [-0.3, -0.25) is 28.8 Å². The topological polar surface area (TPSA) is 273 Å². The molecule has 9 amide bonds. The summed E-state index contributed by atoms with van der Waals surface area (Å²) in [5.41, 5.74) is 4.37. The number of ether oxygens (including phenoxy) is 4. The lowest BCUT2D eigenvalue weighted by molar-refractivity contribution is -0.152. The highest BCUT2D eigenvalue weighted by atomic mass is 32.2. The van der Waals surface area contributed by atoms with Gasteiger partial charge in [-0.2, -0.15) is 11.8 Å². The van der Waals surface area contributed by atoms with Gasteiger partial charge in [0.25, 0.3) is 17.7 Å². The molecule has 3 heterocycles. The molecule has 0 unspecified atom stereocenters. The Labute approximate surface area is 527 Å². The van der Waals surface area contributed by atoms with Crippen LogP contribution in [0.3, 0.4) is 0 Å². The zero-order chi connectivity index (χ0) is 63.3. The average molecular weight is 1250 g/mol. The molecule has 3 fully saturated rings. The largest absolute Gasteiger partial charge is 0.483 e. The van der Waals surface area contributed by atoms with E-state index in [0.717, 1.165) is 47.3 Å². The van der Waals surface area contributed by atoms with E-state index < -0.39 is 36.1 Å². The van der Waals surface area contributed by atoms with Crippen molar-refractivity contribution in [3.8, 4) is 5.75 Å². The maximum absolute atomic E-state index is 14.5. The summed E-state index contributed by atoms with van der Waals surface area (Å²) in [6.45, 7) is 10.6. The standard InChI is InChI=1S/C67H91N9O12S/c1-45(2)61(76-35-17-32-71-67(76)84)65(82)72-52(40-48-20-8-5-9-21-48)42-55(53(41-49-22-10-6-11-23-49)73-58(78)43-87-62-46(3)18-16-19-47(62)4)88-59(79)26-12-7-15-31-69-63(80)50-27-29-51(30-28-50)64(81)70-34-37-86-39-38-85-36-33-68-57(77)25-14-13-24-56-60-54(44-89-56)74-66(83)75-60/h5-6,8-11,16,18-23,27-30,45,52-56,60-61H,7,12-15,17,24-26,31-44H2,1-4H3,(H,68,77)(H,69,80)(H,70,81)(H,71,84)(H,72,82)(H,73,78)(H2,74,75,83)/t52-,53-,54-,55-,56-,60-,61-/m0/s1. The van der Waals surface area contributed by atoms with Crippen LogP contribution >= 0.6 is 11.8 Å². The second-order valence-corrected chi connectivity index (χ2v) is 24.6. The number of benzene rings is 4. The molecule has 3 saturated heterocycles. The number of rotatable bonds is 38. The van der Waals surface area contributed by atoms with Gasteiger partial charge in [-0.15, -0.1) is 0 Å². The van der Waals surface area contributed by atoms with Crippen LogP contribution in [0.1, 0.15) is 121 Å². The minimum Gasteiger partial charge on any atom is -0.483 e. The first-order valence-electron chi connectivity index (χ1n) is 31.5. The molecule has 0 aliphatic carbocycles. The number of esters is 1. The van der Waals surface area contributed by atoms with Crippen LogP contribution in [0.4, 0.5) is 9.59 Å². The number of amides is 9. The monoisotopic (exact) mass is 1250 g/mol. The summed E-state index contributed by atoms with van der Waals surface area (Å²) in [4.78, 5) is 107. The van der Waals surface area contributed by atoms with Crippen LogP contribution in [0.25, 0.3) is 0 Å². The lowest BCUT2D eigenvalue weighted by Gasteiger charge is -2.37. The number of para-hydroxylation sites is 1. The number of fused-ring (bicyclic) bond motifs is 1. The van der Waals surface area contributed by atoms with E-state index in [0.29, 0.717) is 113 Å². The molecule has 3 aliphatic rings. The lowest BCUT2D eigenvalue weighted by Crippen LogP contribution is -2.59. The summed E-state index contributed by atoms with van der Waals surface area (Å²) in [7, 11) is 0. The highest BCUT2D eigenvalue weighted by Crippen LogP contribution is 2.33. The Kier molecular flexibility index (Phi) is 28.4. The first-order chi connectivity index (χ1) is 43.1. The number of nitrogens with one attached hydrogen (secondary N) is 8. The van der Waals surface area contributed by atoms with E-state index >= 15 is 0 Å². The van der Waals surface area contributed by atoms with Crippen molar-refractivity contribution in [2.75, 3.05) is 71.5 Å². The van der Waals surface area contributed by atoms with Crippen molar-refractivity contribution in [3.63, 3.8) is 0 Å². The Morgan fingerprint density at radius 2 is 1.29 bits per heavy atom. The Morgan fingerprint density at radius 3 is 1.94 bits per heavy atom. The number of carbonyl (C=O) groups excluding carboxylic acids is 8. The molecule has 0 bridgehead atoms. The second-order valence-electron chi connectivity index (χ2n) is 23.3. The molecule has 3 aliphatic heterocycles. The number of nitrogens with zero attached hydrogens (tertiary/aromatic N) is 1. The third kappa shape index (κ3) is 23.0. The first-order valence-corrected chi connectivity index (χ1v) is 32.5. The molecule has 0 spiro atoms. The van der Waals surface area contributed by atoms with Crippen LogP contribution in [0, 0.1) is 19.8 Å². The van der Waals surface area contributed by atoms with E-state index in [1.54, 1.807) is 29.2 Å². The normalized spacial score (nSPS) is 17.4. The summed E-state index contributed by atoms with van der Waals surface area (Å²) >= 11 is 1.88. The van der Waals surface area contributed by atoms with Gasteiger partial charge in [0.05, 0.1) is 44.6 Å². The smallest absolute Gasteiger partial charge is 0.318 e. The van der Waals surface area contributed by atoms with Gasteiger partial charge >= 0.3 is 18.0 Å². The number of unbranched alkanes of at least 4 members (excludes halogenated alkanes) is 3. The fraction of sp³-hybridized carbons (Fsp3) is 0.522. The van der Waals surface area contributed by atoms with Gasteiger partial charge in [-0.25, -0.2) is 9.59 Å². The van der Waals surface area contributed by atoms with E-state index in [1.165, 1.54) is 0 Å². The fourth-order valence-corrected chi connectivity index (χ4v) is 12.9. The maximum Gasteiger partial charge on any atom is 0.318 e. The van der Waals surface area contributed by atoms with E-state index in [9.17, 15) is 38.4 Å². The van der Waals surface area contributed by atoms with Gasteiger partial charge < -0.3 is 66.4 Å². The quantitative estimate of drug-likeness (QED) is 0.0136. The average Bonchev–Trinajstić information content (AvgIpc) is 3.05. The summed E-state index contributed by atoms with van der Waals surface area (Å²) in [5.74, 6) is -0.529. The molecular weight excluding hydrogens is 1150 g/mol. The van der Waals surface area contributed by atoms with Crippen LogP contribution in [-0.4, -0.2) is 166 Å². The number of hydrogen-bond donors (Lipinski definition) is 8. The predicted octanol–water partition coefficient (Wildman–Crippen LogP) is 6.47. The SMILES string of the molecule is Cc1cccc(C)c1OCC(=O)N[C@@H](Cc1ccccc1)[C@H](C[C@H](Cc1ccccc1)NC(=O)[C@H](C(C)C)N1CCCNC1=O)OC(=O)CCCCCNC(=O)c1ccc(C(=O)NCCOCCOCCNC(=O)CCCC[C@@H]2SC[C@@H]3NC(=O)N[C@@H]32)cc1. The molecule has 7 rings (SSSR count). The third-order valence-corrected chi connectivity index (χ3v) is 17.5. The minimum absolute atomic E-state index is 0.0118. The van der Waals surface area contributed by atoms with Crippen LogP contribution in [-0.2, 0) is 46.2 Å². The molecule has 89 heavy (non-hydrogen) atoms. The summed E-state index contributed by atoms with van der Waals surface area (Å²) < 4.78 is 23.7. The van der Waals surface area contributed by atoms with Crippen molar-refractivity contribution in [1.29, 1.82) is 0 Å². The minimum atomic E-state index is -0.931. The van der Waals surface area contributed by atoms with Crippen molar-refractivity contribution in [2.24, 2.45) is 5.92 Å². The Morgan fingerprint density at radius 1 is 0.663 bits per heavy atom. The molecule has 8 N–H and O–H groups in total. The predicted molar refractivity (Wildman–Crippen MR) is 342 cm³/mol. The van der Waals surface area contributed by atoms with E-state index in [2.05, 4.69) is 42.5 Å². The molecule has 22 heteroatoms. The fourth-order valence-electron chi connectivity index (χ4n) is 11.4. The highest BCUT2D eigenvalue weighted by Gasteiger charge is 2.43. The van der Waals surface area contributed by atoms with Gasteiger partial charge in [0.2, 0.25) is 11.8 Å². The van der Waals surface area contributed by atoms with E-state index in [4.69, 9.17) is 18.9 Å². The van der Waals surface area contributed by atoms with Gasteiger partial charge in [0.15, 0.2) is 6.61 Å². The number of carbonyl (C=O) groups is 8. The molecule has 7 atom stereocenters. The van der Waals surface area contributed by atoms with Crippen LogP contribution < -0.4 is 47.3 Å². The van der Waals surface area contributed by atoms with Gasteiger partial charge in [0.1, 0.15) is 17.9 Å². The Bertz CT molecular complexity index is 2900. The molecule has 0 radical (unpaired) electrons. The zero-order valence-corrected chi connectivity index (χ0v) is 52.8. The molecule has 0 aromatic heterocycles. The molecule has 4 aromatic carbocycles. The van der Waals surface area contributed by atoms with Crippen LogP contribution in [0.15, 0.2) is 103 Å². The van der Waals surface area contributed by atoms with Gasteiger partial charge in [-0.05, 0) is 111 Å². The van der Waals surface area contributed by atoms with Crippen molar-refractivity contribution >= 4 is 59.3 Å². The molecular formula is C67H91N9O12S. The van der Waals surface area contributed by atoms with Crippen molar-refractivity contribution in [1.82, 2.24) is 47.4 Å². The third-order valence-electron chi connectivity index (χ3n) is 16.0. The zero-order valence-electron chi connectivity index (χ0n) is 52.0. The molecule has 0 saturated carbocycles. The summed E-state index contributed by atoms with van der Waals surface area (Å²) in [5, 5.41) is 24.2. The van der Waals surface area contributed by atoms with Crippen LogP contribution in [0.5, 0.6) is 5.75 Å². The van der Waals surface area contributed by atoms with Crippen molar-refractivity contribution in [2.45, 2.75) is 146 Å². The summed E-state index contributed by atoms with van der Waals surface area (Å²) in [6, 6.07) is 29.3. The van der Waals surface area contributed by atoms with E-state index in [-0.39, 0.29) is 86.3 Å². The highest BCUT2D eigenvalue weighted by molar-refractivity contribution is 8.00. The number of hydrogen-bond acceptors (Lipinski definition) is 13. The number of thioether (sulfide) groups is 1. The summed E-state index contributed by atoms with van der Waals surface area (Å²) in [6.07, 6.45) is 5.37. The first kappa shape index (κ1) is 68.8.